The molecule has 0 unspecified atom stereocenters. The molecule has 0 radical (unpaired) electrons. The summed E-state index contributed by atoms with van der Waals surface area (Å²) in [6.07, 6.45) is 8.33. The van der Waals surface area contributed by atoms with Crippen LogP contribution < -0.4 is 5.32 Å². The molecular formula is C26H32N2O2. The van der Waals surface area contributed by atoms with Gasteiger partial charge >= 0.3 is 0 Å². The van der Waals surface area contributed by atoms with Gasteiger partial charge in [-0.3, -0.25) is 9.59 Å². The topological polar surface area (TPSA) is 49.4 Å². The molecule has 4 nitrogen and oxygen atoms in total. The minimum atomic E-state index is -0.640. The molecule has 0 bridgehead atoms. The Morgan fingerprint density at radius 3 is 2.33 bits per heavy atom. The van der Waals surface area contributed by atoms with Crippen molar-refractivity contribution in [1.29, 1.82) is 0 Å². The molecule has 1 aliphatic carbocycles. The summed E-state index contributed by atoms with van der Waals surface area (Å²) in [7, 11) is 0. The summed E-state index contributed by atoms with van der Waals surface area (Å²) in [5, 5.41) is 3.10. The molecule has 0 aromatic heterocycles. The average molecular weight is 405 g/mol. The van der Waals surface area contributed by atoms with Gasteiger partial charge in [0.15, 0.2) is 0 Å². The summed E-state index contributed by atoms with van der Waals surface area (Å²) >= 11 is 0. The number of nitrogens with one attached hydrogen (secondary N) is 1. The third-order valence-corrected chi connectivity index (χ3v) is 5.62. The van der Waals surface area contributed by atoms with Crippen molar-refractivity contribution in [1.82, 2.24) is 10.2 Å². The number of carbonyl (C=O) groups excluding carboxylic acids is 2. The Morgan fingerprint density at radius 2 is 1.70 bits per heavy atom. The zero-order valence-electron chi connectivity index (χ0n) is 17.8. The van der Waals surface area contributed by atoms with Crippen molar-refractivity contribution in [3.05, 3.63) is 83.4 Å². The molecule has 0 saturated heterocycles. The fraction of sp³-hybridized carbons (Fsp3) is 0.385. The third kappa shape index (κ3) is 6.06. The van der Waals surface area contributed by atoms with Gasteiger partial charge in [0, 0.05) is 19.5 Å². The van der Waals surface area contributed by atoms with Crippen LogP contribution in [0.15, 0.2) is 72.3 Å². The van der Waals surface area contributed by atoms with E-state index in [1.54, 1.807) is 4.90 Å². The Labute approximate surface area is 180 Å². The molecule has 0 saturated carbocycles. The van der Waals surface area contributed by atoms with Crippen LogP contribution in [0.2, 0.25) is 0 Å². The summed E-state index contributed by atoms with van der Waals surface area (Å²) in [4.78, 5) is 27.9. The average Bonchev–Trinajstić information content (AvgIpc) is 2.80. The first-order valence-corrected chi connectivity index (χ1v) is 11.0. The lowest BCUT2D eigenvalue weighted by Gasteiger charge is -2.31. The van der Waals surface area contributed by atoms with Crippen LogP contribution in [0.4, 0.5) is 0 Å². The van der Waals surface area contributed by atoms with Gasteiger partial charge in [-0.05, 0) is 43.2 Å². The summed E-state index contributed by atoms with van der Waals surface area (Å²) in [6, 6.07) is 18.8. The van der Waals surface area contributed by atoms with Crippen LogP contribution in [0.25, 0.3) is 0 Å². The van der Waals surface area contributed by atoms with Gasteiger partial charge in [0.25, 0.3) is 0 Å². The Kier molecular flexibility index (Phi) is 8.25. The van der Waals surface area contributed by atoms with Crippen molar-refractivity contribution in [2.24, 2.45) is 0 Å². The standard InChI is InChI=1S/C26H32N2O2/c1-2-24(29)28(20-22-14-8-4-9-15-22)25(23-16-10-5-11-17-23)26(30)27-19-18-21-12-6-3-7-13-21/h4-5,8-12,14-17,25H,2-3,6-7,13,18-20H2,1H3,(H,27,30)/t25-/m1/s1. The fourth-order valence-corrected chi connectivity index (χ4v) is 3.99. The second-order valence-corrected chi connectivity index (χ2v) is 7.82. The Morgan fingerprint density at radius 1 is 1.00 bits per heavy atom. The van der Waals surface area contributed by atoms with E-state index >= 15 is 0 Å². The Balaban J connectivity index is 1.79. The summed E-state index contributed by atoms with van der Waals surface area (Å²) < 4.78 is 0. The van der Waals surface area contributed by atoms with Gasteiger partial charge in [-0.25, -0.2) is 0 Å². The maximum absolute atomic E-state index is 13.3. The van der Waals surface area contributed by atoms with Gasteiger partial charge in [0.05, 0.1) is 0 Å². The SMILES string of the molecule is CCC(=O)N(Cc1ccccc1)[C@@H](C(=O)NCCC1=CCCCC1)c1ccccc1. The number of allylic oxidation sites excluding steroid dienone is 1. The molecule has 1 aliphatic rings. The molecular weight excluding hydrogens is 372 g/mol. The molecule has 158 valence electrons. The van der Waals surface area contributed by atoms with Crippen molar-refractivity contribution in [3.8, 4) is 0 Å². The number of hydrogen-bond donors (Lipinski definition) is 1. The van der Waals surface area contributed by atoms with Gasteiger partial charge in [0.2, 0.25) is 11.8 Å². The molecule has 3 rings (SSSR count). The van der Waals surface area contributed by atoms with Crippen molar-refractivity contribution in [3.63, 3.8) is 0 Å². The van der Waals surface area contributed by atoms with Crippen LogP contribution in [0.3, 0.4) is 0 Å². The van der Waals surface area contributed by atoms with E-state index < -0.39 is 6.04 Å². The highest BCUT2D eigenvalue weighted by molar-refractivity contribution is 5.88. The zero-order valence-corrected chi connectivity index (χ0v) is 17.8. The monoisotopic (exact) mass is 404 g/mol. The minimum Gasteiger partial charge on any atom is -0.354 e. The Bertz CT molecular complexity index is 846. The fourth-order valence-electron chi connectivity index (χ4n) is 3.99. The van der Waals surface area contributed by atoms with E-state index in [0.717, 1.165) is 30.4 Å². The number of hydrogen-bond acceptors (Lipinski definition) is 2. The predicted molar refractivity (Wildman–Crippen MR) is 121 cm³/mol. The van der Waals surface area contributed by atoms with Crippen LogP contribution in [-0.2, 0) is 16.1 Å². The summed E-state index contributed by atoms with van der Waals surface area (Å²) in [5.74, 6) is -0.145. The van der Waals surface area contributed by atoms with Crippen molar-refractivity contribution in [2.75, 3.05) is 6.54 Å². The molecule has 0 spiro atoms. The smallest absolute Gasteiger partial charge is 0.247 e. The Hall–Kier alpha value is -2.88. The van der Waals surface area contributed by atoms with E-state index in [4.69, 9.17) is 0 Å². The number of carbonyl (C=O) groups is 2. The molecule has 2 amide bonds. The van der Waals surface area contributed by atoms with Gasteiger partial charge in [-0.1, -0.05) is 79.2 Å². The number of nitrogens with zero attached hydrogens (tertiary/aromatic N) is 1. The summed E-state index contributed by atoms with van der Waals surface area (Å²) in [5.41, 5.74) is 3.29. The predicted octanol–water partition coefficient (Wildman–Crippen LogP) is 5.17. The molecule has 1 N–H and O–H groups in total. The maximum atomic E-state index is 13.3. The highest BCUT2D eigenvalue weighted by Gasteiger charge is 2.30. The van der Waals surface area contributed by atoms with Crippen LogP contribution in [0.1, 0.15) is 62.6 Å². The van der Waals surface area contributed by atoms with E-state index in [0.29, 0.717) is 19.5 Å². The van der Waals surface area contributed by atoms with Gasteiger partial charge in [-0.15, -0.1) is 0 Å². The van der Waals surface area contributed by atoms with Crippen LogP contribution in [0.5, 0.6) is 0 Å². The molecule has 0 aliphatic heterocycles. The molecule has 0 fully saturated rings. The van der Waals surface area contributed by atoms with E-state index in [9.17, 15) is 9.59 Å². The first-order valence-electron chi connectivity index (χ1n) is 11.0. The van der Waals surface area contributed by atoms with Crippen LogP contribution >= 0.6 is 0 Å². The molecule has 2 aromatic carbocycles. The highest BCUT2D eigenvalue weighted by Crippen LogP contribution is 2.25. The quantitative estimate of drug-likeness (QED) is 0.586. The normalized spacial score (nSPS) is 14.5. The largest absolute Gasteiger partial charge is 0.354 e. The maximum Gasteiger partial charge on any atom is 0.247 e. The van der Waals surface area contributed by atoms with Gasteiger partial charge in [0.1, 0.15) is 6.04 Å². The number of benzene rings is 2. The molecule has 2 aromatic rings. The lowest BCUT2D eigenvalue weighted by atomic mass is 9.97. The van der Waals surface area contributed by atoms with E-state index in [1.165, 1.54) is 18.4 Å². The molecule has 30 heavy (non-hydrogen) atoms. The summed E-state index contributed by atoms with van der Waals surface area (Å²) in [6.45, 7) is 2.86. The minimum absolute atomic E-state index is 0.0298. The van der Waals surface area contributed by atoms with Crippen molar-refractivity contribution in [2.45, 2.75) is 58.0 Å². The lowest BCUT2D eigenvalue weighted by Crippen LogP contribution is -2.43. The zero-order chi connectivity index (χ0) is 21.2. The first-order chi connectivity index (χ1) is 14.7. The second kappa shape index (κ2) is 11.3. The van der Waals surface area contributed by atoms with E-state index in [-0.39, 0.29) is 11.8 Å². The van der Waals surface area contributed by atoms with Crippen molar-refractivity contribution >= 4 is 11.8 Å². The van der Waals surface area contributed by atoms with Crippen LogP contribution in [-0.4, -0.2) is 23.3 Å². The number of amides is 2. The molecule has 0 heterocycles. The molecule has 4 heteroatoms. The van der Waals surface area contributed by atoms with Crippen LogP contribution in [0, 0.1) is 0 Å². The third-order valence-electron chi connectivity index (χ3n) is 5.62. The van der Waals surface area contributed by atoms with Crippen molar-refractivity contribution < 1.29 is 9.59 Å². The van der Waals surface area contributed by atoms with E-state index in [2.05, 4.69) is 11.4 Å². The number of rotatable bonds is 9. The highest BCUT2D eigenvalue weighted by atomic mass is 16.2. The second-order valence-electron chi connectivity index (χ2n) is 7.82. The van der Waals surface area contributed by atoms with Gasteiger partial charge < -0.3 is 10.2 Å². The van der Waals surface area contributed by atoms with Gasteiger partial charge in [-0.2, -0.15) is 0 Å². The van der Waals surface area contributed by atoms with E-state index in [1.807, 2.05) is 67.6 Å². The lowest BCUT2D eigenvalue weighted by molar-refractivity contribution is -0.141. The molecule has 1 atom stereocenters. The first kappa shape index (κ1) is 21.8.